The van der Waals surface area contributed by atoms with Crippen molar-refractivity contribution in [1.82, 2.24) is 4.90 Å². The van der Waals surface area contributed by atoms with Gasteiger partial charge in [-0.05, 0) is 48.0 Å². The van der Waals surface area contributed by atoms with E-state index < -0.39 is 23.4 Å². The van der Waals surface area contributed by atoms with Gasteiger partial charge in [-0.1, -0.05) is 24.3 Å². The maximum absolute atomic E-state index is 12.3. The Kier molecular flexibility index (Phi) is 5.20. The van der Waals surface area contributed by atoms with Crippen LogP contribution in [0.15, 0.2) is 24.3 Å². The van der Waals surface area contributed by atoms with E-state index in [1.807, 2.05) is 12.2 Å². The molecule has 0 spiro atoms. The van der Waals surface area contributed by atoms with Crippen LogP contribution in [0.25, 0.3) is 0 Å². The average Bonchev–Trinajstić information content (AvgIpc) is 2.25. The maximum atomic E-state index is 12.3. The van der Waals surface area contributed by atoms with Gasteiger partial charge in [-0.3, -0.25) is 0 Å². The van der Waals surface area contributed by atoms with Gasteiger partial charge in [-0.25, -0.2) is 14.5 Å². The minimum absolute atomic E-state index is 0.389. The number of allylic oxidation sites excluding steroid dienone is 2. The van der Waals surface area contributed by atoms with Crippen LogP contribution in [0.1, 0.15) is 48.0 Å². The molecule has 2 amide bonds. The second kappa shape index (κ2) is 6.33. The quantitative estimate of drug-likeness (QED) is 0.732. The van der Waals surface area contributed by atoms with Crippen molar-refractivity contribution < 1.29 is 19.1 Å². The van der Waals surface area contributed by atoms with E-state index >= 15 is 0 Å². The molecule has 118 valence electrons. The van der Waals surface area contributed by atoms with Crippen molar-refractivity contribution in [1.29, 1.82) is 0 Å². The Labute approximate surface area is 126 Å². The molecule has 0 N–H and O–H groups in total. The molecule has 0 radical (unpaired) electrons. The maximum Gasteiger partial charge on any atom is 0.420 e. The van der Waals surface area contributed by atoms with Crippen LogP contribution in [0.5, 0.6) is 0 Å². The van der Waals surface area contributed by atoms with E-state index in [0.717, 1.165) is 4.90 Å². The first kappa shape index (κ1) is 17.3. The third kappa shape index (κ3) is 6.02. The zero-order valence-electron chi connectivity index (χ0n) is 13.7. The number of rotatable bonds is 1. The number of carbonyl (C=O) groups is 2. The Morgan fingerprint density at radius 1 is 0.952 bits per heavy atom. The molecule has 0 saturated heterocycles. The van der Waals surface area contributed by atoms with Gasteiger partial charge in [0, 0.05) is 0 Å². The summed E-state index contributed by atoms with van der Waals surface area (Å²) in [6.07, 6.45) is 6.52. The lowest BCUT2D eigenvalue weighted by Crippen LogP contribution is -2.48. The summed E-state index contributed by atoms with van der Waals surface area (Å²) in [5, 5.41) is 0. The largest absolute Gasteiger partial charge is 0.443 e. The average molecular weight is 295 g/mol. The standard InChI is InChI=1S/C16H25NO4/c1-15(2,3)20-13(18)17(12-10-8-7-9-11-12)14(19)21-16(4,5)6/h7-10,12H,11H2,1-6H3. The molecule has 1 atom stereocenters. The molecule has 0 aromatic heterocycles. The van der Waals surface area contributed by atoms with Crippen LogP contribution < -0.4 is 0 Å². The second-order valence-electron chi connectivity index (χ2n) is 6.95. The Bertz CT molecular complexity index is 424. The molecule has 1 aliphatic carbocycles. The molecular formula is C16H25NO4. The number of imide groups is 1. The van der Waals surface area contributed by atoms with Crippen LogP contribution in [0.3, 0.4) is 0 Å². The third-order valence-electron chi connectivity index (χ3n) is 2.47. The Balaban J connectivity index is 2.94. The molecular weight excluding hydrogens is 270 g/mol. The fourth-order valence-electron chi connectivity index (χ4n) is 1.73. The van der Waals surface area contributed by atoms with Crippen LogP contribution in [-0.4, -0.2) is 34.3 Å². The van der Waals surface area contributed by atoms with E-state index in [1.54, 1.807) is 53.7 Å². The van der Waals surface area contributed by atoms with Crippen LogP contribution >= 0.6 is 0 Å². The van der Waals surface area contributed by atoms with Gasteiger partial charge in [-0.2, -0.15) is 0 Å². The molecule has 0 fully saturated rings. The van der Waals surface area contributed by atoms with E-state index in [-0.39, 0.29) is 6.04 Å². The van der Waals surface area contributed by atoms with Crippen molar-refractivity contribution in [2.45, 2.75) is 65.2 Å². The number of amides is 2. The van der Waals surface area contributed by atoms with Crippen molar-refractivity contribution in [3.05, 3.63) is 24.3 Å². The number of nitrogens with zero attached hydrogens (tertiary/aromatic N) is 1. The van der Waals surface area contributed by atoms with Crippen molar-refractivity contribution >= 4 is 12.2 Å². The van der Waals surface area contributed by atoms with E-state index in [2.05, 4.69) is 0 Å². The summed E-state index contributed by atoms with van der Waals surface area (Å²) < 4.78 is 10.6. The van der Waals surface area contributed by atoms with Gasteiger partial charge in [0.2, 0.25) is 0 Å². The van der Waals surface area contributed by atoms with E-state index in [0.29, 0.717) is 6.42 Å². The molecule has 0 aromatic rings. The monoisotopic (exact) mass is 295 g/mol. The highest BCUT2D eigenvalue weighted by Crippen LogP contribution is 2.20. The molecule has 5 heteroatoms. The normalized spacial score (nSPS) is 18.3. The number of hydrogen-bond donors (Lipinski definition) is 0. The van der Waals surface area contributed by atoms with Gasteiger partial charge >= 0.3 is 12.2 Å². The highest BCUT2D eigenvalue weighted by Gasteiger charge is 2.35. The van der Waals surface area contributed by atoms with Crippen molar-refractivity contribution in [3.63, 3.8) is 0 Å². The molecule has 5 nitrogen and oxygen atoms in total. The van der Waals surface area contributed by atoms with E-state index in [9.17, 15) is 9.59 Å². The molecule has 0 aliphatic heterocycles. The predicted molar refractivity (Wildman–Crippen MR) is 81.0 cm³/mol. The molecule has 0 saturated carbocycles. The highest BCUT2D eigenvalue weighted by atomic mass is 16.6. The summed E-state index contributed by atoms with van der Waals surface area (Å²) in [5.41, 5.74) is -1.35. The summed E-state index contributed by atoms with van der Waals surface area (Å²) in [6, 6.07) is -0.389. The van der Waals surface area contributed by atoms with Crippen molar-refractivity contribution in [2.75, 3.05) is 0 Å². The summed E-state index contributed by atoms with van der Waals surface area (Å²) >= 11 is 0. The van der Waals surface area contributed by atoms with Crippen molar-refractivity contribution in [3.8, 4) is 0 Å². The number of ether oxygens (including phenoxy) is 2. The fourth-order valence-corrected chi connectivity index (χ4v) is 1.73. The molecule has 0 heterocycles. The third-order valence-corrected chi connectivity index (χ3v) is 2.47. The lowest BCUT2D eigenvalue weighted by Gasteiger charge is -2.32. The molecule has 1 unspecified atom stereocenters. The molecule has 1 aliphatic rings. The smallest absolute Gasteiger partial charge is 0.420 e. The highest BCUT2D eigenvalue weighted by molar-refractivity contribution is 5.89. The molecule has 1 rings (SSSR count). The van der Waals surface area contributed by atoms with Crippen LogP contribution in [0.4, 0.5) is 9.59 Å². The minimum atomic E-state index is -0.693. The lowest BCUT2D eigenvalue weighted by molar-refractivity contribution is -0.00346. The first-order chi connectivity index (χ1) is 9.49. The van der Waals surface area contributed by atoms with Gasteiger partial charge in [0.05, 0.1) is 6.04 Å². The summed E-state index contributed by atoms with van der Waals surface area (Å²) in [4.78, 5) is 25.7. The van der Waals surface area contributed by atoms with Gasteiger partial charge in [0.25, 0.3) is 0 Å². The first-order valence-electron chi connectivity index (χ1n) is 7.08. The Hall–Kier alpha value is -1.78. The zero-order chi connectivity index (χ0) is 16.3. The van der Waals surface area contributed by atoms with Gasteiger partial charge in [-0.15, -0.1) is 0 Å². The summed E-state index contributed by atoms with van der Waals surface area (Å²) in [5.74, 6) is 0. The van der Waals surface area contributed by atoms with Crippen LogP contribution in [-0.2, 0) is 9.47 Å². The lowest BCUT2D eigenvalue weighted by atomic mass is 10.1. The number of hydrogen-bond acceptors (Lipinski definition) is 4. The van der Waals surface area contributed by atoms with E-state index in [4.69, 9.17) is 9.47 Å². The Morgan fingerprint density at radius 2 is 1.43 bits per heavy atom. The summed E-state index contributed by atoms with van der Waals surface area (Å²) in [7, 11) is 0. The summed E-state index contributed by atoms with van der Waals surface area (Å²) in [6.45, 7) is 10.6. The first-order valence-corrected chi connectivity index (χ1v) is 7.08. The topological polar surface area (TPSA) is 55.8 Å². The van der Waals surface area contributed by atoms with Gasteiger partial charge in [0.15, 0.2) is 0 Å². The Morgan fingerprint density at radius 3 is 1.76 bits per heavy atom. The molecule has 21 heavy (non-hydrogen) atoms. The molecule has 0 bridgehead atoms. The number of carbonyl (C=O) groups excluding carboxylic acids is 2. The SMILES string of the molecule is CC(C)(C)OC(=O)N(C(=O)OC(C)(C)C)C1C=CC=CC1. The fraction of sp³-hybridized carbons (Fsp3) is 0.625. The van der Waals surface area contributed by atoms with Crippen LogP contribution in [0, 0.1) is 0 Å². The molecule has 0 aromatic carbocycles. The predicted octanol–water partition coefficient (Wildman–Crippen LogP) is 4.04. The zero-order valence-corrected chi connectivity index (χ0v) is 13.7. The van der Waals surface area contributed by atoms with E-state index in [1.165, 1.54) is 0 Å². The second-order valence-corrected chi connectivity index (χ2v) is 6.95. The minimum Gasteiger partial charge on any atom is -0.443 e. The van der Waals surface area contributed by atoms with Crippen molar-refractivity contribution in [2.24, 2.45) is 0 Å². The van der Waals surface area contributed by atoms with Gasteiger partial charge in [0.1, 0.15) is 11.2 Å². The van der Waals surface area contributed by atoms with Crippen LogP contribution in [0.2, 0.25) is 0 Å². The van der Waals surface area contributed by atoms with Gasteiger partial charge < -0.3 is 9.47 Å².